The van der Waals surface area contributed by atoms with E-state index < -0.39 is 0 Å². The molecule has 6 nitrogen and oxygen atoms in total. The average molecular weight is 454 g/mol. The van der Waals surface area contributed by atoms with E-state index in [0.717, 1.165) is 76.0 Å². The highest BCUT2D eigenvalue weighted by Crippen LogP contribution is 2.29. The highest BCUT2D eigenvalue weighted by Gasteiger charge is 2.24. The van der Waals surface area contributed by atoms with Crippen LogP contribution in [-0.4, -0.2) is 36.3 Å². The average Bonchev–Trinajstić information content (AvgIpc) is 3.35. The van der Waals surface area contributed by atoms with Gasteiger partial charge in [-0.1, -0.05) is 33.1 Å². The van der Waals surface area contributed by atoms with Crippen LogP contribution in [0.4, 0.5) is 11.4 Å². The molecule has 1 aliphatic heterocycles. The number of hydrogen-bond donors (Lipinski definition) is 1. The Morgan fingerprint density at radius 3 is 2.52 bits per heavy atom. The number of carbonyl (C=O) groups is 2. The molecule has 0 atom stereocenters. The molecule has 2 heterocycles. The molecule has 0 unspecified atom stereocenters. The molecule has 0 spiro atoms. The second-order valence-corrected chi connectivity index (χ2v) is 8.94. The van der Waals surface area contributed by atoms with E-state index in [1.165, 1.54) is 6.42 Å². The fourth-order valence-electron chi connectivity index (χ4n) is 4.31. The van der Waals surface area contributed by atoms with Gasteiger partial charge in [0.25, 0.3) is 5.91 Å². The van der Waals surface area contributed by atoms with Crippen LogP contribution in [0.2, 0.25) is 0 Å². The molecular weight excluding hydrogens is 414 g/mol. The lowest BCUT2D eigenvalue weighted by Gasteiger charge is -2.31. The van der Waals surface area contributed by atoms with Gasteiger partial charge in [0.05, 0.1) is 24.1 Å². The zero-order valence-corrected chi connectivity index (χ0v) is 20.3. The van der Waals surface area contributed by atoms with Crippen molar-refractivity contribution in [1.82, 2.24) is 4.90 Å². The van der Waals surface area contributed by atoms with Crippen LogP contribution < -0.4 is 10.2 Å². The maximum absolute atomic E-state index is 13.6. The van der Waals surface area contributed by atoms with Crippen molar-refractivity contribution in [2.45, 2.75) is 78.2 Å². The summed E-state index contributed by atoms with van der Waals surface area (Å²) in [5.74, 6) is 0.925. The highest BCUT2D eigenvalue weighted by molar-refractivity contribution is 6.02. The van der Waals surface area contributed by atoms with Crippen molar-refractivity contribution >= 4 is 23.2 Å². The fraction of sp³-hybridized carbons (Fsp3) is 0.556. The van der Waals surface area contributed by atoms with Crippen LogP contribution in [0.3, 0.4) is 0 Å². The van der Waals surface area contributed by atoms with E-state index in [2.05, 4.69) is 24.1 Å². The summed E-state index contributed by atoms with van der Waals surface area (Å²) in [6.07, 6.45) is 10.5. The van der Waals surface area contributed by atoms with Crippen LogP contribution in [0.15, 0.2) is 41.0 Å². The minimum Gasteiger partial charge on any atom is -0.467 e. The minimum atomic E-state index is 0.00555. The lowest BCUT2D eigenvalue weighted by atomic mass is 10.1. The Labute approximate surface area is 198 Å². The molecule has 1 N–H and O–H groups in total. The molecule has 0 aliphatic carbocycles. The molecular formula is C27H39N3O3. The van der Waals surface area contributed by atoms with E-state index in [9.17, 15) is 9.59 Å². The molecule has 2 aromatic rings. The van der Waals surface area contributed by atoms with Gasteiger partial charge in [-0.2, -0.15) is 0 Å². The van der Waals surface area contributed by atoms with E-state index >= 15 is 0 Å². The molecule has 6 heteroatoms. The van der Waals surface area contributed by atoms with Crippen molar-refractivity contribution in [3.8, 4) is 0 Å². The second kappa shape index (κ2) is 13.1. The van der Waals surface area contributed by atoms with Crippen molar-refractivity contribution in [1.29, 1.82) is 0 Å². The summed E-state index contributed by atoms with van der Waals surface area (Å²) < 4.78 is 5.61. The molecule has 0 bridgehead atoms. The number of furan rings is 1. The molecule has 1 aromatic heterocycles. The third kappa shape index (κ3) is 7.37. The van der Waals surface area contributed by atoms with Crippen molar-refractivity contribution in [3.63, 3.8) is 0 Å². The first-order chi connectivity index (χ1) is 16.1. The summed E-state index contributed by atoms with van der Waals surface area (Å²) in [6.45, 7) is 7.32. The number of hydrogen-bond acceptors (Lipinski definition) is 4. The lowest BCUT2D eigenvalue weighted by molar-refractivity contribution is -0.116. The molecule has 3 rings (SSSR count). The van der Waals surface area contributed by atoms with Gasteiger partial charge in [-0.15, -0.1) is 0 Å². The van der Waals surface area contributed by atoms with Crippen LogP contribution >= 0.6 is 0 Å². The first-order valence-electron chi connectivity index (χ1n) is 12.6. The van der Waals surface area contributed by atoms with Crippen molar-refractivity contribution in [3.05, 3.63) is 47.9 Å². The Balaban J connectivity index is 1.88. The molecule has 180 valence electrons. The van der Waals surface area contributed by atoms with Gasteiger partial charge in [0.2, 0.25) is 5.91 Å². The van der Waals surface area contributed by atoms with Gasteiger partial charge >= 0.3 is 0 Å². The Hall–Kier alpha value is -2.76. The van der Waals surface area contributed by atoms with Crippen LogP contribution in [0, 0.1) is 0 Å². The standard InChI is InChI=1S/C27H39N3O3/c1-3-5-8-13-26(31)28-22-14-15-25(24(20-22)27(32)29-17-9-7-10-18-29)30(16-6-4-2)21-23-12-11-19-33-23/h11-12,14-15,19-20H,3-10,13,16-18,21H2,1-2H3,(H,28,31). The second-order valence-electron chi connectivity index (χ2n) is 8.94. The van der Waals surface area contributed by atoms with Crippen LogP contribution in [-0.2, 0) is 11.3 Å². The van der Waals surface area contributed by atoms with Crippen LogP contribution in [0.25, 0.3) is 0 Å². The number of benzene rings is 1. The summed E-state index contributed by atoms with van der Waals surface area (Å²) in [5.41, 5.74) is 2.25. The van der Waals surface area contributed by atoms with E-state index in [1.807, 2.05) is 35.2 Å². The van der Waals surface area contributed by atoms with Gasteiger partial charge in [-0.25, -0.2) is 0 Å². The molecule has 1 aliphatic rings. The Morgan fingerprint density at radius 2 is 1.82 bits per heavy atom. The topological polar surface area (TPSA) is 65.8 Å². The predicted octanol–water partition coefficient (Wildman–Crippen LogP) is 6.23. The van der Waals surface area contributed by atoms with Crippen LogP contribution in [0.1, 0.15) is 87.8 Å². The van der Waals surface area contributed by atoms with E-state index in [1.54, 1.807) is 6.26 Å². The van der Waals surface area contributed by atoms with E-state index in [4.69, 9.17) is 4.42 Å². The zero-order valence-electron chi connectivity index (χ0n) is 20.3. The zero-order chi connectivity index (χ0) is 23.5. The molecule has 0 radical (unpaired) electrons. The number of unbranched alkanes of at least 4 members (excludes halogenated alkanes) is 3. The van der Waals surface area contributed by atoms with Gasteiger partial charge in [0.1, 0.15) is 5.76 Å². The lowest BCUT2D eigenvalue weighted by Crippen LogP contribution is -2.37. The smallest absolute Gasteiger partial charge is 0.256 e. The predicted molar refractivity (Wildman–Crippen MR) is 134 cm³/mol. The van der Waals surface area contributed by atoms with Gasteiger partial charge in [0.15, 0.2) is 0 Å². The molecule has 1 aromatic carbocycles. The number of rotatable bonds is 12. The van der Waals surface area contributed by atoms with E-state index in [0.29, 0.717) is 24.2 Å². The maximum atomic E-state index is 13.6. The number of anilines is 2. The summed E-state index contributed by atoms with van der Waals surface area (Å²) in [7, 11) is 0. The number of nitrogens with one attached hydrogen (secondary N) is 1. The monoisotopic (exact) mass is 453 g/mol. The molecule has 33 heavy (non-hydrogen) atoms. The Kier molecular flexibility index (Phi) is 9.85. The van der Waals surface area contributed by atoms with Gasteiger partial charge in [-0.05, 0) is 62.4 Å². The number of nitrogens with zero attached hydrogens (tertiary/aromatic N) is 2. The SMILES string of the molecule is CCCCCC(=O)Nc1ccc(N(CCCC)Cc2ccco2)c(C(=O)N2CCCCC2)c1. The summed E-state index contributed by atoms with van der Waals surface area (Å²) in [5, 5.41) is 3.01. The Bertz CT molecular complexity index is 873. The van der Waals surface area contributed by atoms with Crippen molar-refractivity contribution < 1.29 is 14.0 Å². The largest absolute Gasteiger partial charge is 0.467 e. The highest BCUT2D eigenvalue weighted by atomic mass is 16.3. The number of carbonyl (C=O) groups excluding carboxylic acids is 2. The summed E-state index contributed by atoms with van der Waals surface area (Å²) in [4.78, 5) is 30.2. The number of amides is 2. The minimum absolute atomic E-state index is 0.00555. The summed E-state index contributed by atoms with van der Waals surface area (Å²) in [6, 6.07) is 9.63. The fourth-order valence-corrected chi connectivity index (χ4v) is 4.31. The Morgan fingerprint density at radius 1 is 1.03 bits per heavy atom. The normalized spacial score (nSPS) is 13.7. The third-order valence-electron chi connectivity index (χ3n) is 6.21. The summed E-state index contributed by atoms with van der Waals surface area (Å²) >= 11 is 0. The van der Waals surface area contributed by atoms with Crippen LogP contribution in [0.5, 0.6) is 0 Å². The van der Waals surface area contributed by atoms with Gasteiger partial charge < -0.3 is 19.5 Å². The van der Waals surface area contributed by atoms with Gasteiger partial charge in [0, 0.05) is 31.7 Å². The third-order valence-corrected chi connectivity index (χ3v) is 6.21. The molecule has 2 amide bonds. The van der Waals surface area contributed by atoms with E-state index in [-0.39, 0.29) is 11.8 Å². The van der Waals surface area contributed by atoms with Gasteiger partial charge in [-0.3, -0.25) is 9.59 Å². The molecule has 0 saturated carbocycles. The van der Waals surface area contributed by atoms with Crippen molar-refractivity contribution in [2.75, 3.05) is 29.9 Å². The molecule has 1 fully saturated rings. The van der Waals surface area contributed by atoms with Crippen molar-refractivity contribution in [2.24, 2.45) is 0 Å². The number of likely N-dealkylation sites (tertiary alicyclic amines) is 1. The first-order valence-corrected chi connectivity index (χ1v) is 12.6. The maximum Gasteiger partial charge on any atom is 0.256 e. The number of piperidine rings is 1. The molecule has 1 saturated heterocycles. The quantitative estimate of drug-likeness (QED) is 0.387. The first kappa shape index (κ1) is 24.9.